The van der Waals surface area contributed by atoms with Gasteiger partial charge in [-0.15, -0.1) is 0 Å². The monoisotopic (exact) mass is 376 g/mol. The smallest absolute Gasteiger partial charge is 0.228 e. The zero-order valence-electron chi connectivity index (χ0n) is 14.3. The molecule has 1 amide bonds. The molecular weight excluding hydrogens is 355 g/mol. The van der Waals surface area contributed by atoms with Crippen LogP contribution in [-0.4, -0.2) is 23.9 Å². The number of nitrogens with zero attached hydrogens (tertiary/aromatic N) is 1. The maximum Gasteiger partial charge on any atom is 0.228 e. The first-order valence-electron chi connectivity index (χ1n) is 8.55. The molecule has 3 nitrogen and oxygen atoms in total. The Bertz CT molecular complexity index is 746. The minimum absolute atomic E-state index is 0.000526. The summed E-state index contributed by atoms with van der Waals surface area (Å²) in [6.07, 6.45) is 1.95. The summed E-state index contributed by atoms with van der Waals surface area (Å²) >= 11 is 12.1. The average molecular weight is 377 g/mol. The van der Waals surface area contributed by atoms with Crippen molar-refractivity contribution in [3.63, 3.8) is 0 Å². The van der Waals surface area contributed by atoms with Crippen molar-refractivity contribution in [1.29, 1.82) is 0 Å². The summed E-state index contributed by atoms with van der Waals surface area (Å²) in [6, 6.07) is 13.5. The van der Waals surface area contributed by atoms with Gasteiger partial charge >= 0.3 is 0 Å². The van der Waals surface area contributed by atoms with Gasteiger partial charge in [-0.25, -0.2) is 0 Å². The molecule has 1 saturated heterocycles. The van der Waals surface area contributed by atoms with Gasteiger partial charge in [0.05, 0.1) is 5.92 Å². The molecule has 0 bridgehead atoms. The van der Waals surface area contributed by atoms with Gasteiger partial charge in [-0.3, -0.25) is 9.69 Å². The topological polar surface area (TPSA) is 32.3 Å². The zero-order valence-corrected chi connectivity index (χ0v) is 15.8. The van der Waals surface area contributed by atoms with Crippen LogP contribution in [-0.2, 0) is 11.3 Å². The fraction of sp³-hybridized carbons (Fsp3) is 0.350. The number of likely N-dealkylation sites (tertiary alicyclic amines) is 1. The van der Waals surface area contributed by atoms with E-state index in [0.29, 0.717) is 5.02 Å². The van der Waals surface area contributed by atoms with Gasteiger partial charge in [0.25, 0.3) is 0 Å². The number of hydrogen-bond donors (Lipinski definition) is 1. The SMILES string of the molecule is Cc1c(Cl)cccc1NC(=O)[C@H]1CCCN(Cc2ccc(Cl)cc2)C1. The number of amides is 1. The molecule has 1 fully saturated rings. The molecule has 1 atom stereocenters. The number of carbonyl (C=O) groups is 1. The second-order valence-corrected chi connectivity index (χ2v) is 7.45. The molecule has 132 valence electrons. The zero-order chi connectivity index (χ0) is 17.8. The second-order valence-electron chi connectivity index (χ2n) is 6.60. The maximum absolute atomic E-state index is 12.7. The lowest BCUT2D eigenvalue weighted by Crippen LogP contribution is -2.40. The third-order valence-corrected chi connectivity index (χ3v) is 5.38. The number of carbonyl (C=O) groups excluding carboxylic acids is 1. The van der Waals surface area contributed by atoms with Crippen molar-refractivity contribution in [2.75, 3.05) is 18.4 Å². The molecule has 0 spiro atoms. The Hall–Kier alpha value is -1.55. The van der Waals surface area contributed by atoms with E-state index >= 15 is 0 Å². The van der Waals surface area contributed by atoms with Crippen molar-refractivity contribution >= 4 is 34.8 Å². The Kier molecular flexibility index (Phi) is 6.00. The number of benzene rings is 2. The summed E-state index contributed by atoms with van der Waals surface area (Å²) in [5.74, 6) is 0.0746. The first-order chi connectivity index (χ1) is 12.0. The van der Waals surface area contributed by atoms with Gasteiger partial charge in [-0.05, 0) is 61.7 Å². The van der Waals surface area contributed by atoms with E-state index in [1.165, 1.54) is 5.56 Å². The number of rotatable bonds is 4. The Morgan fingerprint density at radius 1 is 1.20 bits per heavy atom. The summed E-state index contributed by atoms with van der Waals surface area (Å²) in [5, 5.41) is 4.46. The minimum Gasteiger partial charge on any atom is -0.326 e. The number of hydrogen-bond acceptors (Lipinski definition) is 2. The highest BCUT2D eigenvalue weighted by Gasteiger charge is 2.26. The van der Waals surface area contributed by atoms with E-state index in [4.69, 9.17) is 23.2 Å². The van der Waals surface area contributed by atoms with Crippen LogP contribution in [0, 0.1) is 12.8 Å². The average Bonchev–Trinajstić information content (AvgIpc) is 2.61. The van der Waals surface area contributed by atoms with Crippen molar-refractivity contribution < 1.29 is 4.79 Å². The molecule has 0 saturated carbocycles. The van der Waals surface area contributed by atoms with Crippen molar-refractivity contribution in [2.24, 2.45) is 5.92 Å². The number of halogens is 2. The molecule has 1 aliphatic rings. The molecule has 3 rings (SSSR count). The van der Waals surface area contributed by atoms with Crippen LogP contribution in [0.25, 0.3) is 0 Å². The normalized spacial score (nSPS) is 18.1. The lowest BCUT2D eigenvalue weighted by Gasteiger charge is -2.32. The molecule has 0 aromatic heterocycles. The van der Waals surface area contributed by atoms with Crippen LogP contribution in [0.5, 0.6) is 0 Å². The number of piperidine rings is 1. The molecule has 1 N–H and O–H groups in total. The van der Waals surface area contributed by atoms with Gasteiger partial charge in [0.15, 0.2) is 0 Å². The van der Waals surface area contributed by atoms with Crippen LogP contribution < -0.4 is 5.32 Å². The van der Waals surface area contributed by atoms with Crippen LogP contribution >= 0.6 is 23.2 Å². The molecule has 1 heterocycles. The highest BCUT2D eigenvalue weighted by molar-refractivity contribution is 6.31. The third-order valence-electron chi connectivity index (χ3n) is 4.72. The highest BCUT2D eigenvalue weighted by atomic mass is 35.5. The number of nitrogens with one attached hydrogen (secondary N) is 1. The first kappa shape index (κ1) is 18.2. The second kappa shape index (κ2) is 8.22. The molecule has 25 heavy (non-hydrogen) atoms. The van der Waals surface area contributed by atoms with Gasteiger partial charge in [0.2, 0.25) is 5.91 Å². The highest BCUT2D eigenvalue weighted by Crippen LogP contribution is 2.25. The van der Waals surface area contributed by atoms with Crippen LogP contribution in [0.2, 0.25) is 10.0 Å². The quantitative estimate of drug-likeness (QED) is 0.799. The molecule has 2 aromatic rings. The summed E-state index contributed by atoms with van der Waals surface area (Å²) in [6.45, 7) is 4.56. The maximum atomic E-state index is 12.7. The van der Waals surface area contributed by atoms with E-state index in [0.717, 1.165) is 48.7 Å². The summed E-state index contributed by atoms with van der Waals surface area (Å²) in [7, 11) is 0. The molecule has 0 unspecified atom stereocenters. The molecule has 1 aliphatic heterocycles. The Morgan fingerprint density at radius 3 is 2.72 bits per heavy atom. The van der Waals surface area contributed by atoms with Crippen molar-refractivity contribution in [3.8, 4) is 0 Å². The standard InChI is InChI=1S/C20H22Cl2N2O/c1-14-18(22)5-2-6-19(14)23-20(25)16-4-3-11-24(13-16)12-15-7-9-17(21)10-8-15/h2,5-10,16H,3-4,11-13H2,1H3,(H,23,25)/t16-/m0/s1. The van der Waals surface area contributed by atoms with E-state index in [1.54, 1.807) is 0 Å². The van der Waals surface area contributed by atoms with Crippen molar-refractivity contribution in [2.45, 2.75) is 26.3 Å². The Labute approximate surface area is 158 Å². The number of anilines is 1. The molecular formula is C20H22Cl2N2O. The van der Waals surface area contributed by atoms with E-state index in [2.05, 4.69) is 10.2 Å². The molecule has 2 aromatic carbocycles. The Morgan fingerprint density at radius 2 is 1.96 bits per heavy atom. The largest absolute Gasteiger partial charge is 0.326 e. The lowest BCUT2D eigenvalue weighted by molar-refractivity contribution is -0.121. The van der Waals surface area contributed by atoms with Crippen LogP contribution in [0.4, 0.5) is 5.69 Å². The Balaban J connectivity index is 1.61. The van der Waals surface area contributed by atoms with Crippen LogP contribution in [0.15, 0.2) is 42.5 Å². The van der Waals surface area contributed by atoms with Gasteiger partial charge < -0.3 is 5.32 Å². The summed E-state index contributed by atoms with van der Waals surface area (Å²) < 4.78 is 0. The van der Waals surface area contributed by atoms with Crippen molar-refractivity contribution in [3.05, 3.63) is 63.6 Å². The summed E-state index contributed by atoms with van der Waals surface area (Å²) in [4.78, 5) is 15.0. The molecule has 0 aliphatic carbocycles. The lowest BCUT2D eigenvalue weighted by atomic mass is 9.96. The third kappa shape index (κ3) is 4.75. The van der Waals surface area contributed by atoms with Gasteiger partial charge in [0.1, 0.15) is 0 Å². The van der Waals surface area contributed by atoms with Crippen molar-refractivity contribution in [1.82, 2.24) is 4.90 Å². The van der Waals surface area contributed by atoms with Gasteiger partial charge in [0, 0.05) is 28.8 Å². The van der Waals surface area contributed by atoms with E-state index in [1.807, 2.05) is 49.4 Å². The molecule has 0 radical (unpaired) electrons. The fourth-order valence-corrected chi connectivity index (χ4v) is 3.54. The minimum atomic E-state index is -0.000526. The predicted octanol–water partition coefficient (Wildman–Crippen LogP) is 5.15. The van der Waals surface area contributed by atoms with Crippen LogP contribution in [0.3, 0.4) is 0 Å². The summed E-state index contributed by atoms with van der Waals surface area (Å²) in [5.41, 5.74) is 2.93. The van der Waals surface area contributed by atoms with Gasteiger partial charge in [-0.2, -0.15) is 0 Å². The van der Waals surface area contributed by atoms with Gasteiger partial charge in [-0.1, -0.05) is 41.4 Å². The molecule has 5 heteroatoms. The predicted molar refractivity (Wildman–Crippen MR) is 104 cm³/mol. The van der Waals surface area contributed by atoms with E-state index in [-0.39, 0.29) is 11.8 Å². The fourth-order valence-electron chi connectivity index (χ4n) is 3.24. The van der Waals surface area contributed by atoms with E-state index < -0.39 is 0 Å². The first-order valence-corrected chi connectivity index (χ1v) is 9.31. The van der Waals surface area contributed by atoms with E-state index in [9.17, 15) is 4.79 Å². The van der Waals surface area contributed by atoms with Crippen LogP contribution in [0.1, 0.15) is 24.0 Å².